The molecule has 3 fully saturated rings. The van der Waals surface area contributed by atoms with Crippen molar-refractivity contribution >= 4 is 39.4 Å². The predicted molar refractivity (Wildman–Crippen MR) is 71.2 cm³/mol. The van der Waals surface area contributed by atoms with E-state index in [1.807, 2.05) is 0 Å². The van der Waals surface area contributed by atoms with Crippen LogP contribution in [0.1, 0.15) is 6.92 Å². The maximum Gasteiger partial charge on any atom is 0.384 e. The number of nitrogens with zero attached hydrogens (tertiary/aromatic N) is 1. The van der Waals surface area contributed by atoms with Crippen LogP contribution < -0.4 is 0 Å². The van der Waals surface area contributed by atoms with E-state index < -0.39 is 5.77 Å². The predicted octanol–water partition coefficient (Wildman–Crippen LogP) is 1.99. The summed E-state index contributed by atoms with van der Waals surface area (Å²) in [5.41, 5.74) is 0. The lowest BCUT2D eigenvalue weighted by Crippen LogP contribution is -2.42. The molecule has 2 nitrogen and oxygen atoms in total. The van der Waals surface area contributed by atoms with E-state index in [1.54, 1.807) is 0 Å². The van der Waals surface area contributed by atoms with Crippen LogP contribution in [0.5, 0.6) is 0 Å². The molecule has 2 bridgehead atoms. The van der Waals surface area contributed by atoms with Crippen molar-refractivity contribution in [2.75, 3.05) is 43.5 Å². The minimum Gasteiger partial charge on any atom is -0.392 e. The van der Waals surface area contributed by atoms with Gasteiger partial charge >= 0.3 is 5.77 Å². The second-order valence-electron chi connectivity index (χ2n) is 3.32. The molecule has 0 radical (unpaired) electrons. The average molecular weight is 268 g/mol. The Balaban J connectivity index is 2.04. The molecule has 0 atom stereocenters. The highest BCUT2D eigenvalue weighted by Crippen LogP contribution is 2.44. The Kier molecular flexibility index (Phi) is 4.58. The van der Waals surface area contributed by atoms with Crippen LogP contribution in [0.15, 0.2) is 0 Å². The molecule has 0 amide bonds. The normalized spacial score (nSPS) is 38.8. The van der Waals surface area contributed by atoms with E-state index >= 15 is 0 Å². The molecule has 0 aliphatic carbocycles. The van der Waals surface area contributed by atoms with Gasteiger partial charge in [-0.2, -0.15) is 0 Å². The zero-order chi connectivity index (χ0) is 9.86. The van der Waals surface area contributed by atoms with Crippen LogP contribution in [0, 0.1) is 0 Å². The second-order valence-corrected chi connectivity index (χ2v) is 16.8. The highest BCUT2D eigenvalue weighted by Gasteiger charge is 2.40. The quantitative estimate of drug-likeness (QED) is 0.707. The Hall–Kier alpha value is 1.19. The Labute approximate surface area is 99.0 Å². The van der Waals surface area contributed by atoms with Gasteiger partial charge in [0.2, 0.25) is 0 Å². The third-order valence-electron chi connectivity index (χ3n) is 2.38. The lowest BCUT2D eigenvalue weighted by atomic mass is 10.5. The van der Waals surface area contributed by atoms with Gasteiger partial charge in [-0.05, 0) is 6.92 Å². The monoisotopic (exact) mass is 267 g/mol. The highest BCUT2D eigenvalue weighted by atomic mass is 32.8. The minimum atomic E-state index is -1.50. The van der Waals surface area contributed by atoms with Gasteiger partial charge in [0.25, 0.3) is 0 Å². The third-order valence-corrected chi connectivity index (χ3v) is 17.7. The van der Waals surface area contributed by atoms with Crippen molar-refractivity contribution in [2.45, 2.75) is 6.92 Å². The fourth-order valence-corrected chi connectivity index (χ4v) is 16.7. The van der Waals surface area contributed by atoms with Gasteiger partial charge in [0.1, 0.15) is 0 Å². The summed E-state index contributed by atoms with van der Waals surface area (Å²) in [5, 5.41) is 0. The number of hydrogen-bond acceptors (Lipinski definition) is 5. The molecule has 6 heteroatoms. The maximum atomic E-state index is 6.08. The molecule has 0 spiro atoms. The first-order valence-corrected chi connectivity index (χ1v) is 12.2. The molecule has 0 unspecified atom stereocenters. The lowest BCUT2D eigenvalue weighted by Gasteiger charge is -2.36. The molecule has 82 valence electrons. The SMILES string of the molecule is CCO[Si]12SCCN(CCS1)CCS2. The molecular weight excluding hydrogens is 250 g/mol. The fourth-order valence-electron chi connectivity index (χ4n) is 1.66. The molecule has 3 aliphatic rings. The third kappa shape index (κ3) is 2.86. The van der Waals surface area contributed by atoms with Gasteiger partial charge in [-0.25, -0.2) is 0 Å². The standard InChI is InChI=1S/C8H17NOS3Si/c1-2-10-14-11-6-3-9(4-7-12-14)5-8-13-14/h2-8H2,1H3. The van der Waals surface area contributed by atoms with Crippen molar-refractivity contribution in [3.05, 3.63) is 0 Å². The molecule has 0 saturated carbocycles. The van der Waals surface area contributed by atoms with Crippen LogP contribution in [-0.2, 0) is 4.43 Å². The summed E-state index contributed by atoms with van der Waals surface area (Å²) in [5.74, 6) is 2.31. The van der Waals surface area contributed by atoms with E-state index in [0.29, 0.717) is 0 Å². The summed E-state index contributed by atoms with van der Waals surface area (Å²) in [4.78, 5) is 2.59. The fraction of sp³-hybridized carbons (Fsp3) is 1.00. The van der Waals surface area contributed by atoms with Gasteiger partial charge in [-0.3, -0.25) is 0 Å². The minimum absolute atomic E-state index is 0.892. The molecule has 14 heavy (non-hydrogen) atoms. The summed E-state index contributed by atoms with van der Waals surface area (Å²) < 4.78 is 6.08. The van der Waals surface area contributed by atoms with E-state index in [0.717, 1.165) is 6.61 Å². The largest absolute Gasteiger partial charge is 0.392 e. The smallest absolute Gasteiger partial charge is 0.384 e. The first kappa shape index (κ1) is 11.7. The van der Waals surface area contributed by atoms with E-state index in [-0.39, 0.29) is 0 Å². The van der Waals surface area contributed by atoms with E-state index in [1.165, 1.54) is 36.9 Å². The van der Waals surface area contributed by atoms with E-state index in [9.17, 15) is 0 Å². The van der Waals surface area contributed by atoms with Crippen LogP contribution in [0.4, 0.5) is 0 Å². The molecule has 0 aromatic heterocycles. The second kappa shape index (κ2) is 5.50. The molecule has 3 rings (SSSR count). The van der Waals surface area contributed by atoms with E-state index in [2.05, 4.69) is 45.5 Å². The van der Waals surface area contributed by atoms with Crippen LogP contribution in [0.3, 0.4) is 0 Å². The van der Waals surface area contributed by atoms with Crippen molar-refractivity contribution in [1.82, 2.24) is 4.90 Å². The number of fused-ring (bicyclic) bond motifs is 6. The topological polar surface area (TPSA) is 12.5 Å². The molecule has 3 heterocycles. The van der Waals surface area contributed by atoms with Gasteiger partial charge in [0.05, 0.1) is 0 Å². The summed E-state index contributed by atoms with van der Waals surface area (Å²) >= 11 is 6.38. The van der Waals surface area contributed by atoms with E-state index in [4.69, 9.17) is 4.43 Å². The maximum absolute atomic E-state index is 6.08. The first-order chi connectivity index (χ1) is 6.85. The van der Waals surface area contributed by atoms with Gasteiger partial charge in [0.15, 0.2) is 0 Å². The number of hydrogen-bond donors (Lipinski definition) is 0. The summed E-state index contributed by atoms with van der Waals surface area (Å²) in [7, 11) is 0. The molecule has 0 aromatic carbocycles. The summed E-state index contributed by atoms with van der Waals surface area (Å²) in [6, 6.07) is 0. The van der Waals surface area contributed by atoms with Crippen molar-refractivity contribution in [3.63, 3.8) is 0 Å². The van der Waals surface area contributed by atoms with Crippen LogP contribution in [0.2, 0.25) is 0 Å². The van der Waals surface area contributed by atoms with Crippen molar-refractivity contribution in [1.29, 1.82) is 0 Å². The van der Waals surface area contributed by atoms with Crippen molar-refractivity contribution < 1.29 is 4.43 Å². The zero-order valence-corrected chi connectivity index (χ0v) is 12.0. The Bertz CT molecular complexity index is 169. The zero-order valence-electron chi connectivity index (χ0n) is 8.53. The summed E-state index contributed by atoms with van der Waals surface area (Å²) in [6.07, 6.45) is 0. The average Bonchev–Trinajstić information content (AvgIpc) is 2.06. The van der Waals surface area contributed by atoms with Crippen LogP contribution in [0.25, 0.3) is 0 Å². The molecule has 0 aromatic rings. The molecule has 3 saturated heterocycles. The first-order valence-electron chi connectivity index (χ1n) is 5.13. The molecule has 3 aliphatic heterocycles. The van der Waals surface area contributed by atoms with Gasteiger partial charge in [-0.1, -0.05) is 0 Å². The Morgan fingerprint density at radius 1 is 1.07 bits per heavy atom. The van der Waals surface area contributed by atoms with Gasteiger partial charge in [0, 0.05) is 43.5 Å². The molecule has 0 N–H and O–H groups in total. The van der Waals surface area contributed by atoms with Crippen LogP contribution in [-0.4, -0.2) is 54.2 Å². The van der Waals surface area contributed by atoms with Crippen LogP contribution >= 0.6 is 33.6 Å². The van der Waals surface area contributed by atoms with Crippen molar-refractivity contribution in [3.8, 4) is 0 Å². The van der Waals surface area contributed by atoms with Gasteiger partial charge < -0.3 is 9.33 Å². The van der Waals surface area contributed by atoms with Gasteiger partial charge in [-0.15, -0.1) is 33.6 Å². The Morgan fingerprint density at radius 2 is 1.57 bits per heavy atom. The Morgan fingerprint density at radius 3 is 2.00 bits per heavy atom. The highest BCUT2D eigenvalue weighted by molar-refractivity contribution is 8.80. The summed E-state index contributed by atoms with van der Waals surface area (Å²) in [6.45, 7) is 6.84. The molecular formula is C8H17NOS3Si. The van der Waals surface area contributed by atoms with Crippen molar-refractivity contribution in [2.24, 2.45) is 0 Å². The lowest BCUT2D eigenvalue weighted by molar-refractivity contribution is 0.326. The number of rotatable bonds is 2.